The van der Waals surface area contributed by atoms with E-state index in [1.807, 2.05) is 54.6 Å². The molecule has 0 aromatic heterocycles. The second kappa shape index (κ2) is 11.8. The normalized spacial score (nSPS) is 10.6. The standard InChI is InChI=1S/C27H27FO4/c1-2-27(30)32-17-14-23-18-22(11-13-26(23)31-16-7-6-15-29)24-12-10-21(19-25(24)28)20-8-4-3-5-9-20/h2-5,8-13,18-19,29H,1,6-7,14-17H2. The Hall–Kier alpha value is -3.44. The molecule has 3 aromatic carbocycles. The SMILES string of the molecule is C=CC(=O)OCCc1cc(-c2ccc(-c3ccccc3)cc2F)ccc1OCCCCO. The lowest BCUT2D eigenvalue weighted by atomic mass is 9.97. The van der Waals surface area contributed by atoms with E-state index in [1.165, 1.54) is 6.07 Å². The third kappa shape index (κ3) is 6.28. The van der Waals surface area contributed by atoms with E-state index >= 15 is 4.39 Å². The first-order chi connectivity index (χ1) is 15.6. The summed E-state index contributed by atoms with van der Waals surface area (Å²) in [6, 6.07) is 20.4. The van der Waals surface area contributed by atoms with Gasteiger partial charge in [-0.2, -0.15) is 0 Å². The summed E-state index contributed by atoms with van der Waals surface area (Å²) in [5, 5.41) is 8.94. The van der Waals surface area contributed by atoms with Gasteiger partial charge >= 0.3 is 5.97 Å². The van der Waals surface area contributed by atoms with Crippen LogP contribution in [-0.4, -0.2) is 30.9 Å². The minimum atomic E-state index is -0.492. The number of hydrogen-bond acceptors (Lipinski definition) is 4. The lowest BCUT2D eigenvalue weighted by molar-refractivity contribution is -0.137. The topological polar surface area (TPSA) is 55.8 Å². The van der Waals surface area contributed by atoms with Gasteiger partial charge in [0.2, 0.25) is 0 Å². The Morgan fingerprint density at radius 3 is 2.44 bits per heavy atom. The number of hydrogen-bond donors (Lipinski definition) is 1. The van der Waals surface area contributed by atoms with Crippen molar-refractivity contribution in [3.05, 3.63) is 90.8 Å². The number of benzene rings is 3. The van der Waals surface area contributed by atoms with Gasteiger partial charge in [0.25, 0.3) is 0 Å². The number of carbonyl (C=O) groups is 1. The zero-order chi connectivity index (χ0) is 22.8. The van der Waals surface area contributed by atoms with Crippen LogP contribution in [0.4, 0.5) is 4.39 Å². The van der Waals surface area contributed by atoms with Crippen LogP contribution in [0.2, 0.25) is 0 Å². The maximum atomic E-state index is 15.0. The molecule has 0 amide bonds. The molecule has 0 aliphatic carbocycles. The average molecular weight is 435 g/mol. The maximum absolute atomic E-state index is 15.0. The number of ether oxygens (including phenoxy) is 2. The third-order valence-corrected chi connectivity index (χ3v) is 5.04. The molecular weight excluding hydrogens is 407 g/mol. The van der Waals surface area contributed by atoms with Crippen molar-refractivity contribution < 1.29 is 23.8 Å². The Balaban J connectivity index is 1.84. The summed E-state index contributed by atoms with van der Waals surface area (Å²) in [5.41, 5.74) is 3.78. The van der Waals surface area contributed by atoms with Crippen LogP contribution in [0.3, 0.4) is 0 Å². The minimum absolute atomic E-state index is 0.116. The molecule has 0 saturated carbocycles. The molecular formula is C27H27FO4. The minimum Gasteiger partial charge on any atom is -0.493 e. The van der Waals surface area contributed by atoms with Crippen LogP contribution >= 0.6 is 0 Å². The molecule has 5 heteroatoms. The van der Waals surface area contributed by atoms with Crippen LogP contribution in [0.15, 0.2) is 79.4 Å². The second-order valence-corrected chi connectivity index (χ2v) is 7.28. The van der Waals surface area contributed by atoms with Gasteiger partial charge in [0.05, 0.1) is 13.2 Å². The molecule has 0 atom stereocenters. The first kappa shape index (κ1) is 23.2. The molecule has 0 aliphatic rings. The lowest BCUT2D eigenvalue weighted by Gasteiger charge is -2.14. The number of rotatable bonds is 11. The molecule has 0 heterocycles. The smallest absolute Gasteiger partial charge is 0.330 e. The summed E-state index contributed by atoms with van der Waals surface area (Å²) in [4.78, 5) is 11.4. The highest BCUT2D eigenvalue weighted by Gasteiger charge is 2.12. The zero-order valence-corrected chi connectivity index (χ0v) is 17.9. The molecule has 0 bridgehead atoms. The Bertz CT molecular complexity index is 1050. The Labute approximate surface area is 187 Å². The van der Waals surface area contributed by atoms with Crippen LogP contribution in [0.25, 0.3) is 22.3 Å². The third-order valence-electron chi connectivity index (χ3n) is 5.04. The van der Waals surface area contributed by atoms with E-state index in [0.29, 0.717) is 30.8 Å². The first-order valence-electron chi connectivity index (χ1n) is 10.6. The molecule has 1 N–H and O–H groups in total. The molecule has 4 nitrogen and oxygen atoms in total. The largest absolute Gasteiger partial charge is 0.493 e. The summed E-state index contributed by atoms with van der Waals surface area (Å²) in [6.07, 6.45) is 2.92. The Kier molecular flexibility index (Phi) is 8.58. The van der Waals surface area contributed by atoms with Crippen molar-refractivity contribution in [2.75, 3.05) is 19.8 Å². The number of unbranched alkanes of at least 4 members (excludes halogenated alkanes) is 1. The number of esters is 1. The average Bonchev–Trinajstić information content (AvgIpc) is 2.83. The van der Waals surface area contributed by atoms with Gasteiger partial charge < -0.3 is 14.6 Å². The lowest BCUT2D eigenvalue weighted by Crippen LogP contribution is -2.07. The van der Waals surface area contributed by atoms with Crippen LogP contribution < -0.4 is 4.74 Å². The van der Waals surface area contributed by atoms with E-state index in [9.17, 15) is 4.79 Å². The molecule has 0 unspecified atom stereocenters. The molecule has 3 aromatic rings. The van der Waals surface area contributed by atoms with Crippen molar-refractivity contribution in [3.63, 3.8) is 0 Å². The van der Waals surface area contributed by atoms with E-state index in [2.05, 4.69) is 6.58 Å². The maximum Gasteiger partial charge on any atom is 0.330 e. The second-order valence-electron chi connectivity index (χ2n) is 7.28. The highest BCUT2D eigenvalue weighted by Crippen LogP contribution is 2.31. The van der Waals surface area contributed by atoms with Crippen molar-refractivity contribution in [2.24, 2.45) is 0 Å². The van der Waals surface area contributed by atoms with Gasteiger partial charge in [-0.25, -0.2) is 9.18 Å². The summed E-state index contributed by atoms with van der Waals surface area (Å²) >= 11 is 0. The van der Waals surface area contributed by atoms with E-state index in [1.54, 1.807) is 6.07 Å². The number of carbonyl (C=O) groups excluding carboxylic acids is 1. The zero-order valence-electron chi connectivity index (χ0n) is 17.9. The summed E-state index contributed by atoms with van der Waals surface area (Å²) in [5.74, 6) is -0.149. The van der Waals surface area contributed by atoms with Gasteiger partial charge in [0.15, 0.2) is 0 Å². The van der Waals surface area contributed by atoms with E-state index in [4.69, 9.17) is 14.6 Å². The molecule has 0 fully saturated rings. The molecule has 0 saturated heterocycles. The fraction of sp³-hybridized carbons (Fsp3) is 0.222. The van der Waals surface area contributed by atoms with Gasteiger partial charge in [-0.05, 0) is 53.3 Å². The molecule has 32 heavy (non-hydrogen) atoms. The summed E-state index contributed by atoms with van der Waals surface area (Å²) < 4.78 is 26.0. The fourth-order valence-electron chi connectivity index (χ4n) is 3.36. The van der Waals surface area contributed by atoms with E-state index in [-0.39, 0.29) is 19.0 Å². The predicted octanol–water partition coefficient (Wildman–Crippen LogP) is 5.58. The van der Waals surface area contributed by atoms with Crippen LogP contribution in [0.1, 0.15) is 18.4 Å². The first-order valence-corrected chi connectivity index (χ1v) is 10.6. The van der Waals surface area contributed by atoms with E-state index in [0.717, 1.165) is 34.8 Å². The van der Waals surface area contributed by atoms with Crippen molar-refractivity contribution in [1.29, 1.82) is 0 Å². The van der Waals surface area contributed by atoms with Crippen molar-refractivity contribution in [3.8, 4) is 28.0 Å². The van der Waals surface area contributed by atoms with Crippen LogP contribution in [0.5, 0.6) is 5.75 Å². The van der Waals surface area contributed by atoms with Crippen molar-refractivity contribution in [2.45, 2.75) is 19.3 Å². The van der Waals surface area contributed by atoms with Gasteiger partial charge in [-0.3, -0.25) is 0 Å². The number of aliphatic hydroxyl groups is 1. The van der Waals surface area contributed by atoms with Gasteiger partial charge in [0.1, 0.15) is 11.6 Å². The molecule has 3 rings (SSSR count). The van der Waals surface area contributed by atoms with Gasteiger partial charge in [0, 0.05) is 24.7 Å². The quantitative estimate of drug-likeness (QED) is 0.243. The van der Waals surface area contributed by atoms with Crippen LogP contribution in [0, 0.1) is 5.82 Å². The predicted molar refractivity (Wildman–Crippen MR) is 124 cm³/mol. The highest BCUT2D eigenvalue weighted by atomic mass is 19.1. The van der Waals surface area contributed by atoms with E-state index < -0.39 is 5.97 Å². The molecule has 0 spiro atoms. The fourth-order valence-corrected chi connectivity index (χ4v) is 3.36. The number of aliphatic hydroxyl groups excluding tert-OH is 1. The van der Waals surface area contributed by atoms with Crippen LogP contribution in [-0.2, 0) is 16.0 Å². The monoisotopic (exact) mass is 434 g/mol. The molecule has 166 valence electrons. The number of halogens is 1. The van der Waals surface area contributed by atoms with Gasteiger partial charge in [-0.15, -0.1) is 0 Å². The molecule has 0 aliphatic heterocycles. The van der Waals surface area contributed by atoms with Crippen molar-refractivity contribution in [1.82, 2.24) is 0 Å². The Morgan fingerprint density at radius 2 is 1.72 bits per heavy atom. The highest BCUT2D eigenvalue weighted by molar-refractivity contribution is 5.81. The van der Waals surface area contributed by atoms with Gasteiger partial charge in [-0.1, -0.05) is 55.1 Å². The summed E-state index contributed by atoms with van der Waals surface area (Å²) in [7, 11) is 0. The Morgan fingerprint density at radius 1 is 0.938 bits per heavy atom. The van der Waals surface area contributed by atoms with Crippen molar-refractivity contribution >= 4 is 5.97 Å². The molecule has 0 radical (unpaired) electrons. The summed E-state index contributed by atoms with van der Waals surface area (Å²) in [6.45, 7) is 4.13.